The molecule has 1 saturated carbocycles. The summed E-state index contributed by atoms with van der Waals surface area (Å²) in [6.45, 7) is 3.22. The van der Waals surface area contributed by atoms with Gasteiger partial charge in [-0.2, -0.15) is 0 Å². The Morgan fingerprint density at radius 1 is 1.03 bits per heavy atom. The molecule has 1 aliphatic heterocycles. The average Bonchev–Trinajstić information content (AvgIpc) is 3.35. The standard InChI is InChI=1S/C27H27N5O3/c33-21-8-5-18(14-21)26-30-25-22(27(34)31-26)15-23(29-24(25)19-2-1-9-28-16-19)17-3-6-20(7-4-17)32-10-12-35-13-11-32/h1-4,6-7,9,15-16,18,21,33H,5,8,10-14H2,(H,30,31,34)/t18-,21+/m1/s1. The first-order valence-corrected chi connectivity index (χ1v) is 12.1. The molecule has 0 unspecified atom stereocenters. The van der Waals surface area contributed by atoms with E-state index in [0.717, 1.165) is 56.0 Å². The van der Waals surface area contributed by atoms with Gasteiger partial charge in [0.25, 0.3) is 5.56 Å². The molecule has 1 aliphatic carbocycles. The number of hydrogen-bond acceptors (Lipinski definition) is 7. The summed E-state index contributed by atoms with van der Waals surface area (Å²) in [5.41, 5.74) is 4.59. The van der Waals surface area contributed by atoms with Gasteiger partial charge < -0.3 is 19.7 Å². The van der Waals surface area contributed by atoms with Crippen LogP contribution in [0.15, 0.2) is 59.7 Å². The molecule has 4 aromatic rings. The van der Waals surface area contributed by atoms with E-state index < -0.39 is 0 Å². The van der Waals surface area contributed by atoms with Crippen LogP contribution in [0.3, 0.4) is 0 Å². The Labute approximate surface area is 202 Å². The predicted molar refractivity (Wildman–Crippen MR) is 134 cm³/mol. The van der Waals surface area contributed by atoms with E-state index in [1.165, 1.54) is 0 Å². The fraction of sp³-hybridized carbons (Fsp3) is 0.333. The third-order valence-electron chi connectivity index (χ3n) is 6.98. The normalized spacial score (nSPS) is 20.4. The van der Waals surface area contributed by atoms with Crippen molar-refractivity contribution < 1.29 is 9.84 Å². The molecule has 8 nitrogen and oxygen atoms in total. The summed E-state index contributed by atoms with van der Waals surface area (Å²) in [5, 5.41) is 10.5. The number of morpholine rings is 1. The summed E-state index contributed by atoms with van der Waals surface area (Å²) < 4.78 is 5.46. The van der Waals surface area contributed by atoms with Gasteiger partial charge in [0.15, 0.2) is 0 Å². The van der Waals surface area contributed by atoms with E-state index in [9.17, 15) is 9.90 Å². The molecule has 0 amide bonds. The molecule has 0 bridgehead atoms. The number of H-pyrrole nitrogens is 1. The van der Waals surface area contributed by atoms with E-state index in [2.05, 4.69) is 27.0 Å². The van der Waals surface area contributed by atoms with E-state index in [-0.39, 0.29) is 17.6 Å². The Balaban J connectivity index is 1.46. The number of nitrogens with one attached hydrogen (secondary N) is 1. The molecule has 178 valence electrons. The molecule has 8 heteroatoms. The number of aromatic nitrogens is 4. The topological polar surface area (TPSA) is 104 Å². The van der Waals surface area contributed by atoms with Gasteiger partial charge in [-0.15, -0.1) is 0 Å². The Morgan fingerprint density at radius 2 is 1.86 bits per heavy atom. The van der Waals surface area contributed by atoms with Crippen molar-refractivity contribution in [1.82, 2.24) is 19.9 Å². The van der Waals surface area contributed by atoms with Crippen LogP contribution in [0.2, 0.25) is 0 Å². The summed E-state index contributed by atoms with van der Waals surface area (Å²) in [7, 11) is 0. The van der Waals surface area contributed by atoms with Crippen molar-refractivity contribution in [3.05, 3.63) is 71.0 Å². The Bertz CT molecular complexity index is 1400. The van der Waals surface area contributed by atoms with Crippen molar-refractivity contribution >= 4 is 16.6 Å². The first-order valence-electron chi connectivity index (χ1n) is 12.1. The molecule has 3 aromatic heterocycles. The van der Waals surface area contributed by atoms with Crippen LogP contribution in [0.1, 0.15) is 31.0 Å². The first-order chi connectivity index (χ1) is 17.2. The highest BCUT2D eigenvalue weighted by Crippen LogP contribution is 2.34. The van der Waals surface area contributed by atoms with Crippen LogP contribution in [-0.2, 0) is 4.74 Å². The Kier molecular flexibility index (Phi) is 5.75. The fourth-order valence-electron chi connectivity index (χ4n) is 5.07. The van der Waals surface area contributed by atoms with Gasteiger partial charge in [0.05, 0.1) is 36.1 Å². The zero-order valence-corrected chi connectivity index (χ0v) is 19.4. The van der Waals surface area contributed by atoms with Gasteiger partial charge in [0.1, 0.15) is 11.3 Å². The van der Waals surface area contributed by atoms with Gasteiger partial charge in [0, 0.05) is 48.2 Å². The van der Waals surface area contributed by atoms with E-state index >= 15 is 0 Å². The minimum Gasteiger partial charge on any atom is -0.393 e. The second kappa shape index (κ2) is 9.20. The largest absolute Gasteiger partial charge is 0.393 e. The Morgan fingerprint density at radius 3 is 2.57 bits per heavy atom. The molecule has 2 fully saturated rings. The lowest BCUT2D eigenvalue weighted by Crippen LogP contribution is -2.36. The van der Waals surface area contributed by atoms with Gasteiger partial charge in [-0.1, -0.05) is 12.1 Å². The van der Waals surface area contributed by atoms with E-state index in [4.69, 9.17) is 14.7 Å². The predicted octanol–water partition coefficient (Wildman–Crippen LogP) is 3.51. The number of pyridine rings is 2. The lowest BCUT2D eigenvalue weighted by molar-refractivity contribution is 0.122. The van der Waals surface area contributed by atoms with Crippen LogP contribution >= 0.6 is 0 Å². The SMILES string of the molecule is O=c1[nH]c([C@@H]2CC[C@H](O)C2)nc2c(-c3cccnc3)nc(-c3ccc(N4CCOCC4)cc3)cc12. The maximum atomic E-state index is 13.2. The number of benzene rings is 1. The van der Waals surface area contributed by atoms with Gasteiger partial charge in [0.2, 0.25) is 0 Å². The molecule has 0 radical (unpaired) electrons. The van der Waals surface area contributed by atoms with Crippen LogP contribution in [0.25, 0.3) is 33.4 Å². The maximum absolute atomic E-state index is 13.2. The summed E-state index contributed by atoms with van der Waals surface area (Å²) >= 11 is 0. The zero-order valence-electron chi connectivity index (χ0n) is 19.4. The highest BCUT2D eigenvalue weighted by molar-refractivity contribution is 5.93. The van der Waals surface area contributed by atoms with Crippen molar-refractivity contribution in [2.45, 2.75) is 31.3 Å². The van der Waals surface area contributed by atoms with E-state index in [0.29, 0.717) is 34.5 Å². The monoisotopic (exact) mass is 469 g/mol. The number of fused-ring (bicyclic) bond motifs is 1. The number of aliphatic hydroxyl groups excluding tert-OH is 1. The van der Waals surface area contributed by atoms with Gasteiger partial charge in [-0.25, -0.2) is 9.97 Å². The summed E-state index contributed by atoms with van der Waals surface area (Å²) in [6.07, 6.45) is 5.25. The zero-order chi connectivity index (χ0) is 23.8. The fourth-order valence-corrected chi connectivity index (χ4v) is 5.07. The molecule has 4 heterocycles. The van der Waals surface area contributed by atoms with Crippen LogP contribution in [0.4, 0.5) is 5.69 Å². The van der Waals surface area contributed by atoms with Crippen molar-refractivity contribution in [1.29, 1.82) is 0 Å². The number of nitrogens with zero attached hydrogens (tertiary/aromatic N) is 4. The lowest BCUT2D eigenvalue weighted by Gasteiger charge is -2.28. The number of hydrogen-bond donors (Lipinski definition) is 2. The summed E-state index contributed by atoms with van der Waals surface area (Å²) in [4.78, 5) is 32.6. The quantitative estimate of drug-likeness (QED) is 0.471. The summed E-state index contributed by atoms with van der Waals surface area (Å²) in [6, 6.07) is 13.9. The third kappa shape index (κ3) is 4.31. The second-order valence-corrected chi connectivity index (χ2v) is 9.26. The first kappa shape index (κ1) is 21.9. The van der Waals surface area contributed by atoms with E-state index in [1.807, 2.05) is 30.3 Å². The van der Waals surface area contributed by atoms with Gasteiger partial charge >= 0.3 is 0 Å². The highest BCUT2D eigenvalue weighted by atomic mass is 16.5. The number of ether oxygens (including phenoxy) is 1. The van der Waals surface area contributed by atoms with Gasteiger partial charge in [-0.05, 0) is 49.6 Å². The molecular formula is C27H27N5O3. The minimum absolute atomic E-state index is 0.0382. The molecule has 1 saturated heterocycles. The van der Waals surface area contributed by atoms with Crippen LogP contribution < -0.4 is 10.5 Å². The molecule has 0 spiro atoms. The van der Waals surface area contributed by atoms with Crippen LogP contribution in [0.5, 0.6) is 0 Å². The number of anilines is 1. The second-order valence-electron chi connectivity index (χ2n) is 9.26. The Hall–Kier alpha value is -3.62. The number of aromatic amines is 1. The van der Waals surface area contributed by atoms with Crippen molar-refractivity contribution in [3.8, 4) is 22.5 Å². The smallest absolute Gasteiger partial charge is 0.258 e. The highest BCUT2D eigenvalue weighted by Gasteiger charge is 2.27. The number of aliphatic hydroxyl groups is 1. The molecule has 6 rings (SSSR count). The minimum atomic E-state index is -0.347. The summed E-state index contributed by atoms with van der Waals surface area (Å²) in [5.74, 6) is 0.657. The number of rotatable bonds is 4. The van der Waals surface area contributed by atoms with Crippen molar-refractivity contribution in [2.24, 2.45) is 0 Å². The van der Waals surface area contributed by atoms with Crippen molar-refractivity contribution in [3.63, 3.8) is 0 Å². The maximum Gasteiger partial charge on any atom is 0.258 e. The molecule has 2 atom stereocenters. The van der Waals surface area contributed by atoms with Crippen LogP contribution in [-0.4, -0.2) is 57.4 Å². The van der Waals surface area contributed by atoms with Crippen LogP contribution in [0, 0.1) is 0 Å². The van der Waals surface area contributed by atoms with Gasteiger partial charge in [-0.3, -0.25) is 9.78 Å². The third-order valence-corrected chi connectivity index (χ3v) is 6.98. The average molecular weight is 470 g/mol. The lowest BCUT2D eigenvalue weighted by atomic mass is 10.0. The van der Waals surface area contributed by atoms with Crippen molar-refractivity contribution in [2.75, 3.05) is 31.2 Å². The molecule has 1 aromatic carbocycles. The molecule has 2 aliphatic rings. The molecular weight excluding hydrogens is 442 g/mol. The molecule has 2 N–H and O–H groups in total. The van der Waals surface area contributed by atoms with E-state index in [1.54, 1.807) is 12.4 Å². The molecule has 35 heavy (non-hydrogen) atoms.